The van der Waals surface area contributed by atoms with Gasteiger partial charge in [0.05, 0.1) is 18.5 Å². The van der Waals surface area contributed by atoms with Crippen molar-refractivity contribution in [3.05, 3.63) is 36.2 Å². The highest BCUT2D eigenvalue weighted by molar-refractivity contribution is 6.00. The topological polar surface area (TPSA) is 67.5 Å². The number of furan rings is 1. The summed E-state index contributed by atoms with van der Waals surface area (Å²) >= 11 is 0. The molecule has 2 saturated carbocycles. The summed E-state index contributed by atoms with van der Waals surface area (Å²) in [5.74, 6) is 1.40. The van der Waals surface area contributed by atoms with Crippen LogP contribution >= 0.6 is 0 Å². The minimum atomic E-state index is -0.914. The van der Waals surface area contributed by atoms with Crippen molar-refractivity contribution < 1.29 is 14.0 Å². The van der Waals surface area contributed by atoms with E-state index in [1.165, 1.54) is 0 Å². The van der Waals surface area contributed by atoms with E-state index < -0.39 is 5.54 Å². The summed E-state index contributed by atoms with van der Waals surface area (Å²) in [6.07, 6.45) is 10.2. The highest BCUT2D eigenvalue weighted by atomic mass is 16.3. The Kier molecular flexibility index (Phi) is 5.19. The lowest BCUT2D eigenvalue weighted by atomic mass is 9.86. The maximum absolute atomic E-state index is 13.8. The van der Waals surface area contributed by atoms with E-state index in [9.17, 15) is 9.59 Å². The Bertz CT molecular complexity index is 949. The van der Waals surface area contributed by atoms with E-state index in [0.29, 0.717) is 12.2 Å². The zero-order valence-corrected chi connectivity index (χ0v) is 18.6. The first-order valence-electron chi connectivity index (χ1n) is 11.9. The van der Waals surface area contributed by atoms with Gasteiger partial charge in [0.2, 0.25) is 5.91 Å². The maximum Gasteiger partial charge on any atom is 0.271 e. The van der Waals surface area contributed by atoms with Crippen LogP contribution < -0.4 is 5.32 Å². The normalized spacial score (nSPS) is 29.2. The van der Waals surface area contributed by atoms with Gasteiger partial charge in [0.25, 0.3) is 5.91 Å². The molecule has 3 heterocycles. The minimum Gasteiger partial charge on any atom is -0.463 e. The fourth-order valence-electron chi connectivity index (χ4n) is 5.85. The highest BCUT2D eigenvalue weighted by Gasteiger charge is 2.51. The van der Waals surface area contributed by atoms with E-state index in [1.807, 2.05) is 40.7 Å². The van der Waals surface area contributed by atoms with Gasteiger partial charge < -0.3 is 19.2 Å². The SMILES string of the molecule is CC1CCC(NC(=O)[C@@]2(C)Cn3c(ccc3-c3ccco3)C(=O)N2C2CCCC2)CC1. The third-order valence-electron chi connectivity index (χ3n) is 7.72. The monoisotopic (exact) mass is 423 g/mol. The van der Waals surface area contributed by atoms with E-state index in [-0.39, 0.29) is 23.9 Å². The van der Waals surface area contributed by atoms with Crippen molar-refractivity contribution in [2.24, 2.45) is 5.92 Å². The number of fused-ring (bicyclic) bond motifs is 1. The number of carbonyl (C=O) groups excluding carboxylic acids is 2. The fraction of sp³-hybridized carbons (Fsp3) is 0.600. The standard InChI is InChI=1S/C25H33N3O3/c1-17-9-11-18(12-10-17)26-24(30)25(2)16-27-20(22-8-5-15-31-22)13-14-21(27)23(29)28(25)19-6-3-4-7-19/h5,8,13-15,17-19H,3-4,6-7,9-12,16H2,1-2H3,(H,26,30)/t17?,18?,25-/m1/s1. The smallest absolute Gasteiger partial charge is 0.271 e. The minimum absolute atomic E-state index is 0.0166. The van der Waals surface area contributed by atoms with Crippen LogP contribution in [0.5, 0.6) is 0 Å². The number of nitrogens with zero attached hydrogens (tertiary/aromatic N) is 2. The second kappa shape index (κ2) is 7.88. The Labute approximate surface area is 184 Å². The van der Waals surface area contributed by atoms with Gasteiger partial charge >= 0.3 is 0 Å². The molecule has 6 heteroatoms. The molecule has 1 N–H and O–H groups in total. The van der Waals surface area contributed by atoms with Crippen LogP contribution in [0.25, 0.3) is 11.5 Å². The Morgan fingerprint density at radius 3 is 2.45 bits per heavy atom. The molecule has 2 aromatic heterocycles. The summed E-state index contributed by atoms with van der Waals surface area (Å²) in [4.78, 5) is 29.4. The van der Waals surface area contributed by atoms with Crippen molar-refractivity contribution >= 4 is 11.8 Å². The second-order valence-electron chi connectivity index (χ2n) is 9.98. The molecular weight excluding hydrogens is 390 g/mol. The Morgan fingerprint density at radius 1 is 1.06 bits per heavy atom. The van der Waals surface area contributed by atoms with E-state index in [4.69, 9.17) is 4.42 Å². The molecule has 1 aliphatic heterocycles. The lowest BCUT2D eigenvalue weighted by Crippen LogP contribution is -2.67. The number of amides is 2. The molecule has 166 valence electrons. The average Bonchev–Trinajstić information content (AvgIpc) is 3.51. The van der Waals surface area contributed by atoms with Gasteiger partial charge in [0.15, 0.2) is 0 Å². The van der Waals surface area contributed by atoms with E-state index in [1.54, 1.807) is 6.26 Å². The molecule has 0 radical (unpaired) electrons. The molecule has 0 aromatic carbocycles. The quantitative estimate of drug-likeness (QED) is 0.781. The van der Waals surface area contributed by atoms with Crippen LogP contribution in [0.3, 0.4) is 0 Å². The number of aromatic nitrogens is 1. The molecule has 5 rings (SSSR count). The molecule has 6 nitrogen and oxygen atoms in total. The highest BCUT2D eigenvalue weighted by Crippen LogP contribution is 2.38. The number of hydrogen-bond donors (Lipinski definition) is 1. The molecule has 0 unspecified atom stereocenters. The van der Waals surface area contributed by atoms with Crippen molar-refractivity contribution in [1.29, 1.82) is 0 Å². The number of rotatable bonds is 4. The first kappa shape index (κ1) is 20.4. The van der Waals surface area contributed by atoms with Crippen LogP contribution in [0.2, 0.25) is 0 Å². The summed E-state index contributed by atoms with van der Waals surface area (Å²) in [5.41, 5.74) is 0.586. The molecule has 2 fully saturated rings. The summed E-state index contributed by atoms with van der Waals surface area (Å²) in [6.45, 7) is 4.69. The number of nitrogens with one attached hydrogen (secondary N) is 1. The van der Waals surface area contributed by atoms with Crippen LogP contribution in [0.1, 0.15) is 75.7 Å². The van der Waals surface area contributed by atoms with Gasteiger partial charge in [-0.15, -0.1) is 0 Å². The van der Waals surface area contributed by atoms with Crippen LogP contribution in [-0.2, 0) is 11.3 Å². The summed E-state index contributed by atoms with van der Waals surface area (Å²) in [6, 6.07) is 7.90. The molecule has 0 spiro atoms. The van der Waals surface area contributed by atoms with Gasteiger partial charge in [0.1, 0.15) is 17.0 Å². The van der Waals surface area contributed by atoms with E-state index >= 15 is 0 Å². The Hall–Kier alpha value is -2.50. The van der Waals surface area contributed by atoms with Gasteiger partial charge in [-0.2, -0.15) is 0 Å². The first-order valence-corrected chi connectivity index (χ1v) is 11.9. The molecule has 1 atom stereocenters. The Morgan fingerprint density at radius 2 is 1.77 bits per heavy atom. The maximum atomic E-state index is 13.8. The van der Waals surface area contributed by atoms with Crippen LogP contribution in [0.15, 0.2) is 34.9 Å². The van der Waals surface area contributed by atoms with Crippen LogP contribution in [0.4, 0.5) is 0 Å². The summed E-state index contributed by atoms with van der Waals surface area (Å²) in [7, 11) is 0. The number of hydrogen-bond acceptors (Lipinski definition) is 3. The molecule has 2 aromatic rings. The second-order valence-corrected chi connectivity index (χ2v) is 9.98. The van der Waals surface area contributed by atoms with Gasteiger partial charge in [-0.1, -0.05) is 19.8 Å². The van der Waals surface area contributed by atoms with Crippen LogP contribution in [0, 0.1) is 5.92 Å². The average molecular weight is 424 g/mol. The van der Waals surface area contributed by atoms with Crippen molar-refractivity contribution in [3.63, 3.8) is 0 Å². The lowest BCUT2D eigenvalue weighted by molar-refractivity contribution is -0.135. The predicted octanol–water partition coefficient (Wildman–Crippen LogP) is 4.60. The summed E-state index contributed by atoms with van der Waals surface area (Å²) < 4.78 is 7.60. The summed E-state index contributed by atoms with van der Waals surface area (Å²) in [5, 5.41) is 3.33. The van der Waals surface area contributed by atoms with Gasteiger partial charge in [-0.3, -0.25) is 9.59 Å². The van der Waals surface area contributed by atoms with Crippen molar-refractivity contribution in [2.45, 2.75) is 89.4 Å². The van der Waals surface area contributed by atoms with Crippen molar-refractivity contribution in [1.82, 2.24) is 14.8 Å². The largest absolute Gasteiger partial charge is 0.463 e. The number of carbonyl (C=O) groups is 2. The Balaban J connectivity index is 1.49. The van der Waals surface area contributed by atoms with Crippen molar-refractivity contribution in [2.75, 3.05) is 0 Å². The predicted molar refractivity (Wildman–Crippen MR) is 119 cm³/mol. The molecule has 2 amide bonds. The van der Waals surface area contributed by atoms with Gasteiger partial charge in [0, 0.05) is 12.1 Å². The third-order valence-corrected chi connectivity index (χ3v) is 7.72. The molecule has 0 saturated heterocycles. The van der Waals surface area contributed by atoms with Crippen LogP contribution in [-0.4, -0.2) is 38.9 Å². The molecule has 31 heavy (non-hydrogen) atoms. The zero-order chi connectivity index (χ0) is 21.6. The first-order chi connectivity index (χ1) is 15.0. The molecule has 2 aliphatic carbocycles. The molecule has 3 aliphatic rings. The fourth-order valence-corrected chi connectivity index (χ4v) is 5.85. The van der Waals surface area contributed by atoms with E-state index in [2.05, 4.69) is 12.2 Å². The zero-order valence-electron chi connectivity index (χ0n) is 18.6. The van der Waals surface area contributed by atoms with Gasteiger partial charge in [-0.25, -0.2) is 0 Å². The van der Waals surface area contributed by atoms with E-state index in [0.717, 1.165) is 68.7 Å². The van der Waals surface area contributed by atoms with Crippen molar-refractivity contribution in [3.8, 4) is 11.5 Å². The van der Waals surface area contributed by atoms with Gasteiger partial charge in [-0.05, 0) is 75.6 Å². The molecule has 0 bridgehead atoms. The molecular formula is C25H33N3O3. The lowest BCUT2D eigenvalue weighted by Gasteiger charge is -2.48. The third kappa shape index (κ3) is 3.50.